The van der Waals surface area contributed by atoms with Gasteiger partial charge in [0.2, 0.25) is 0 Å². The number of benzene rings is 2. The molecule has 5 rings (SSSR count). The van der Waals surface area contributed by atoms with Crippen molar-refractivity contribution in [2.45, 2.75) is 19.9 Å². The van der Waals surface area contributed by atoms with Crippen molar-refractivity contribution in [3.8, 4) is 11.3 Å². The summed E-state index contributed by atoms with van der Waals surface area (Å²) in [5.74, 6) is 0.604. The minimum Gasteiger partial charge on any atom is -0.463 e. The van der Waals surface area contributed by atoms with Gasteiger partial charge in [-0.05, 0) is 49.7 Å². The Morgan fingerprint density at radius 1 is 1.17 bits per heavy atom. The maximum absolute atomic E-state index is 13.7. The van der Waals surface area contributed by atoms with Crippen molar-refractivity contribution in [2.24, 2.45) is 4.99 Å². The molecule has 0 amide bonds. The molecule has 0 fully saturated rings. The first-order valence-electron chi connectivity index (χ1n) is 11.2. The number of esters is 1. The molecule has 0 spiro atoms. The van der Waals surface area contributed by atoms with E-state index in [4.69, 9.17) is 32.4 Å². The second kappa shape index (κ2) is 9.93. The van der Waals surface area contributed by atoms with E-state index >= 15 is 0 Å². The van der Waals surface area contributed by atoms with Gasteiger partial charge in [-0.2, -0.15) is 0 Å². The van der Waals surface area contributed by atoms with Gasteiger partial charge in [0.1, 0.15) is 17.6 Å². The number of halogens is 2. The van der Waals surface area contributed by atoms with Crippen LogP contribution in [-0.2, 0) is 9.53 Å². The van der Waals surface area contributed by atoms with Gasteiger partial charge in [0.05, 0.1) is 22.4 Å². The summed E-state index contributed by atoms with van der Waals surface area (Å²) in [5, 5.41) is 1.04. The molecule has 182 valence electrons. The first kappa shape index (κ1) is 24.3. The van der Waals surface area contributed by atoms with E-state index in [0.717, 1.165) is 5.56 Å². The molecule has 0 aliphatic carbocycles. The van der Waals surface area contributed by atoms with Crippen LogP contribution in [0.5, 0.6) is 0 Å². The molecule has 36 heavy (non-hydrogen) atoms. The Labute approximate surface area is 220 Å². The summed E-state index contributed by atoms with van der Waals surface area (Å²) in [6, 6.07) is 17.3. The van der Waals surface area contributed by atoms with Gasteiger partial charge in [-0.1, -0.05) is 64.9 Å². The number of hydrogen-bond donors (Lipinski definition) is 0. The van der Waals surface area contributed by atoms with Crippen LogP contribution < -0.4 is 14.9 Å². The van der Waals surface area contributed by atoms with Crippen LogP contribution in [0.15, 0.2) is 86.1 Å². The van der Waals surface area contributed by atoms with Crippen molar-refractivity contribution in [1.29, 1.82) is 0 Å². The number of rotatable bonds is 5. The van der Waals surface area contributed by atoms with Crippen molar-refractivity contribution in [3.63, 3.8) is 0 Å². The Kier molecular flexibility index (Phi) is 6.71. The molecule has 3 heterocycles. The lowest BCUT2D eigenvalue weighted by atomic mass is 9.96. The van der Waals surface area contributed by atoms with Crippen LogP contribution in [0.25, 0.3) is 17.4 Å². The number of nitrogens with zero attached hydrogens (tertiary/aromatic N) is 2. The van der Waals surface area contributed by atoms with Crippen LogP contribution in [0.2, 0.25) is 10.0 Å². The summed E-state index contributed by atoms with van der Waals surface area (Å²) in [5.41, 5.74) is 1.90. The summed E-state index contributed by atoms with van der Waals surface area (Å²) in [4.78, 5) is 31.7. The molecule has 0 radical (unpaired) electrons. The molecule has 2 aromatic carbocycles. The van der Waals surface area contributed by atoms with Crippen molar-refractivity contribution >= 4 is 46.6 Å². The molecule has 6 nitrogen and oxygen atoms in total. The Hall–Kier alpha value is -3.39. The summed E-state index contributed by atoms with van der Waals surface area (Å²) < 4.78 is 13.2. The average molecular weight is 539 g/mol. The SMILES string of the molecule is CCOC(=O)C1=C(C)N=c2s/c(=C\c3ccc(-c4cccc(Cl)c4)o3)c(=O)n2[C@H]1c1ccccc1Cl. The van der Waals surface area contributed by atoms with Crippen LogP contribution in [0.3, 0.4) is 0 Å². The predicted molar refractivity (Wildman–Crippen MR) is 141 cm³/mol. The number of allylic oxidation sites excluding steroid dienone is 1. The quantitative estimate of drug-likeness (QED) is 0.320. The van der Waals surface area contributed by atoms with Gasteiger partial charge in [0.25, 0.3) is 5.56 Å². The molecular weight excluding hydrogens is 519 g/mol. The molecule has 1 aliphatic heterocycles. The fourth-order valence-corrected chi connectivity index (χ4v) is 5.60. The molecule has 0 saturated carbocycles. The van der Waals surface area contributed by atoms with Crippen LogP contribution >= 0.6 is 34.5 Å². The minimum atomic E-state index is -0.769. The van der Waals surface area contributed by atoms with Gasteiger partial charge in [0, 0.05) is 21.7 Å². The standard InChI is InChI=1S/C27H20Cl2N2O4S/c1-3-34-26(33)23-15(2)30-27-31(24(23)19-9-4-5-10-20(19)29)25(32)22(36-27)14-18-11-12-21(35-18)16-7-6-8-17(28)13-16/h4-14,24H,3H2,1-2H3/b22-14-/t24-/m0/s1. The molecule has 0 saturated heterocycles. The van der Waals surface area contributed by atoms with Crippen LogP contribution in [0.1, 0.15) is 31.2 Å². The summed E-state index contributed by atoms with van der Waals surface area (Å²) in [7, 11) is 0. The maximum Gasteiger partial charge on any atom is 0.338 e. The second-order valence-electron chi connectivity index (χ2n) is 8.04. The third-order valence-corrected chi connectivity index (χ3v) is 7.29. The van der Waals surface area contributed by atoms with E-state index in [-0.39, 0.29) is 17.7 Å². The fourth-order valence-electron chi connectivity index (χ4n) is 4.14. The van der Waals surface area contributed by atoms with Crippen molar-refractivity contribution in [3.05, 3.63) is 113 Å². The van der Waals surface area contributed by atoms with Crippen molar-refractivity contribution in [2.75, 3.05) is 6.61 Å². The summed E-state index contributed by atoms with van der Waals surface area (Å²) >= 11 is 13.8. The fraction of sp³-hybridized carbons (Fsp3) is 0.148. The summed E-state index contributed by atoms with van der Waals surface area (Å²) in [6.45, 7) is 3.66. The zero-order chi connectivity index (χ0) is 25.4. The smallest absolute Gasteiger partial charge is 0.338 e. The molecule has 9 heteroatoms. The lowest BCUT2D eigenvalue weighted by molar-refractivity contribution is -0.139. The number of furan rings is 1. The molecule has 0 N–H and O–H groups in total. The second-order valence-corrected chi connectivity index (χ2v) is 9.89. The monoisotopic (exact) mass is 538 g/mol. The number of hydrogen-bond acceptors (Lipinski definition) is 6. The number of fused-ring (bicyclic) bond motifs is 1. The predicted octanol–water partition coefficient (Wildman–Crippen LogP) is 5.37. The van der Waals surface area contributed by atoms with Gasteiger partial charge >= 0.3 is 5.97 Å². The number of aromatic nitrogens is 1. The molecule has 2 aromatic heterocycles. The van der Waals surface area contributed by atoms with Crippen LogP contribution in [-0.4, -0.2) is 17.1 Å². The highest BCUT2D eigenvalue weighted by molar-refractivity contribution is 7.07. The zero-order valence-corrected chi connectivity index (χ0v) is 21.7. The van der Waals surface area contributed by atoms with Crippen LogP contribution in [0, 0.1) is 0 Å². The van der Waals surface area contributed by atoms with E-state index in [9.17, 15) is 9.59 Å². The van der Waals surface area contributed by atoms with E-state index in [1.165, 1.54) is 15.9 Å². The van der Waals surface area contributed by atoms with Crippen molar-refractivity contribution in [1.82, 2.24) is 4.57 Å². The van der Waals surface area contributed by atoms with Crippen molar-refractivity contribution < 1.29 is 13.9 Å². The molecule has 1 atom stereocenters. The van der Waals surface area contributed by atoms with Gasteiger partial charge in [-0.15, -0.1) is 0 Å². The number of ether oxygens (including phenoxy) is 1. The highest BCUT2D eigenvalue weighted by Crippen LogP contribution is 2.34. The topological polar surface area (TPSA) is 73.8 Å². The molecule has 0 bridgehead atoms. The Balaban J connectivity index is 1.66. The minimum absolute atomic E-state index is 0.197. The van der Waals surface area contributed by atoms with E-state index in [2.05, 4.69) is 4.99 Å². The molecule has 4 aromatic rings. The largest absolute Gasteiger partial charge is 0.463 e. The third-order valence-electron chi connectivity index (χ3n) is 5.73. The van der Waals surface area contributed by atoms with Gasteiger partial charge < -0.3 is 9.15 Å². The van der Waals surface area contributed by atoms with Gasteiger partial charge in [0.15, 0.2) is 4.80 Å². The van der Waals surface area contributed by atoms with E-state index in [0.29, 0.717) is 42.2 Å². The molecule has 1 aliphatic rings. The van der Waals surface area contributed by atoms with E-state index < -0.39 is 12.0 Å². The molecular formula is C27H20Cl2N2O4S. The normalized spacial score (nSPS) is 15.6. The maximum atomic E-state index is 13.7. The number of carbonyl (C=O) groups excluding carboxylic acids is 1. The molecule has 0 unspecified atom stereocenters. The highest BCUT2D eigenvalue weighted by Gasteiger charge is 2.34. The Bertz CT molecular complexity index is 1700. The van der Waals surface area contributed by atoms with E-state index in [1.54, 1.807) is 56.3 Å². The Morgan fingerprint density at radius 2 is 1.97 bits per heavy atom. The van der Waals surface area contributed by atoms with Gasteiger partial charge in [-0.3, -0.25) is 9.36 Å². The van der Waals surface area contributed by atoms with Gasteiger partial charge in [-0.25, -0.2) is 9.79 Å². The van der Waals surface area contributed by atoms with Crippen LogP contribution in [0.4, 0.5) is 0 Å². The first-order valence-corrected chi connectivity index (χ1v) is 12.7. The van der Waals surface area contributed by atoms with E-state index in [1.807, 2.05) is 24.3 Å². The first-order chi connectivity index (χ1) is 17.4. The zero-order valence-electron chi connectivity index (χ0n) is 19.3. The Morgan fingerprint density at radius 3 is 2.72 bits per heavy atom. The summed E-state index contributed by atoms with van der Waals surface area (Å²) in [6.07, 6.45) is 1.67. The third kappa shape index (κ3) is 4.46. The average Bonchev–Trinajstić information content (AvgIpc) is 3.43. The number of carbonyl (C=O) groups is 1. The lowest BCUT2D eigenvalue weighted by Gasteiger charge is -2.25. The highest BCUT2D eigenvalue weighted by atomic mass is 35.5. The number of thiazole rings is 1. The lowest BCUT2D eigenvalue weighted by Crippen LogP contribution is -2.40.